The van der Waals surface area contributed by atoms with E-state index in [0.29, 0.717) is 30.6 Å². The Morgan fingerprint density at radius 1 is 1.08 bits per heavy atom. The number of aromatic amines is 1. The van der Waals surface area contributed by atoms with Crippen molar-refractivity contribution < 1.29 is 17.6 Å². The van der Waals surface area contributed by atoms with Crippen molar-refractivity contribution in [2.75, 3.05) is 0 Å². The SMILES string of the molecule is C[C@]12Cc3cnn(-c4ccc(F)cc4)c3C=C1CC[C@H]1C2=CCC(C(F)(F)F)[C@@H]1c1nc2ccccc2[nH]1. The first-order valence-electron chi connectivity index (χ1n) is 13.0. The zero-order valence-corrected chi connectivity index (χ0v) is 20.8. The molecule has 0 bridgehead atoms. The first-order valence-corrected chi connectivity index (χ1v) is 13.0. The molecule has 0 saturated heterocycles. The molecule has 0 spiro atoms. The summed E-state index contributed by atoms with van der Waals surface area (Å²) in [6.45, 7) is 2.17. The van der Waals surface area contributed by atoms with Crippen LogP contribution in [-0.2, 0) is 6.42 Å². The second-order valence-electron chi connectivity index (χ2n) is 11.0. The molecule has 3 aliphatic rings. The lowest BCUT2D eigenvalue weighted by atomic mass is 9.54. The maximum Gasteiger partial charge on any atom is 0.392 e. The van der Waals surface area contributed by atoms with Crippen molar-refractivity contribution in [2.24, 2.45) is 17.3 Å². The number of aromatic nitrogens is 4. The molecule has 8 heteroatoms. The Kier molecular flexibility index (Phi) is 5.03. The number of rotatable bonds is 2. The average Bonchev–Trinajstić information content (AvgIpc) is 3.50. The van der Waals surface area contributed by atoms with Gasteiger partial charge in [-0.2, -0.15) is 18.3 Å². The summed E-state index contributed by atoms with van der Waals surface area (Å²) in [4.78, 5) is 7.89. The maximum atomic E-state index is 14.4. The van der Waals surface area contributed by atoms with Gasteiger partial charge in [0.1, 0.15) is 11.6 Å². The van der Waals surface area contributed by atoms with Crippen molar-refractivity contribution in [1.29, 1.82) is 0 Å². The Morgan fingerprint density at radius 2 is 1.87 bits per heavy atom. The average molecular weight is 519 g/mol. The number of para-hydroxylation sites is 2. The number of benzene rings is 2. The van der Waals surface area contributed by atoms with Crippen LogP contribution in [0.3, 0.4) is 0 Å². The van der Waals surface area contributed by atoms with Crippen LogP contribution in [0.2, 0.25) is 0 Å². The van der Waals surface area contributed by atoms with Crippen molar-refractivity contribution >= 4 is 17.1 Å². The van der Waals surface area contributed by atoms with Crippen LogP contribution in [-0.4, -0.2) is 25.9 Å². The maximum absolute atomic E-state index is 14.4. The van der Waals surface area contributed by atoms with Crippen LogP contribution >= 0.6 is 0 Å². The number of fused-ring (bicyclic) bond motifs is 5. The molecule has 1 fully saturated rings. The van der Waals surface area contributed by atoms with Crippen molar-refractivity contribution in [1.82, 2.24) is 19.7 Å². The third kappa shape index (κ3) is 3.49. The second kappa shape index (κ2) is 8.16. The van der Waals surface area contributed by atoms with Crippen LogP contribution in [0.4, 0.5) is 17.6 Å². The van der Waals surface area contributed by atoms with Gasteiger partial charge in [-0.3, -0.25) is 0 Å². The number of nitrogens with one attached hydrogen (secondary N) is 1. The summed E-state index contributed by atoms with van der Waals surface area (Å²) in [6.07, 6.45) is 3.47. The molecule has 4 atom stereocenters. The van der Waals surface area contributed by atoms with E-state index in [9.17, 15) is 17.6 Å². The summed E-state index contributed by atoms with van der Waals surface area (Å²) in [5.41, 5.74) is 6.15. The summed E-state index contributed by atoms with van der Waals surface area (Å²) >= 11 is 0. The molecule has 0 radical (unpaired) electrons. The van der Waals surface area contributed by atoms with Gasteiger partial charge in [0.05, 0.1) is 34.5 Å². The molecule has 4 aromatic rings. The van der Waals surface area contributed by atoms with E-state index < -0.39 is 18.0 Å². The fourth-order valence-corrected chi connectivity index (χ4v) is 7.08. The molecule has 1 saturated carbocycles. The summed E-state index contributed by atoms with van der Waals surface area (Å²) in [5.74, 6) is -2.37. The van der Waals surface area contributed by atoms with Crippen LogP contribution in [0.25, 0.3) is 22.8 Å². The van der Waals surface area contributed by atoms with E-state index in [-0.39, 0.29) is 23.6 Å². The number of allylic oxidation sites excluding steroid dienone is 3. The fraction of sp³-hybridized carbons (Fsp3) is 0.333. The normalized spacial score (nSPS) is 26.8. The molecule has 2 aromatic heterocycles. The van der Waals surface area contributed by atoms with Gasteiger partial charge < -0.3 is 4.98 Å². The number of imidazole rings is 1. The Hall–Kier alpha value is -3.68. The zero-order chi connectivity index (χ0) is 26.2. The highest BCUT2D eigenvalue weighted by atomic mass is 19.4. The minimum absolute atomic E-state index is 0.0540. The second-order valence-corrected chi connectivity index (χ2v) is 11.0. The van der Waals surface area contributed by atoms with Crippen molar-refractivity contribution in [3.63, 3.8) is 0 Å². The predicted octanol–water partition coefficient (Wildman–Crippen LogP) is 7.54. The largest absolute Gasteiger partial charge is 0.392 e. The molecule has 3 aliphatic carbocycles. The lowest BCUT2D eigenvalue weighted by molar-refractivity contribution is -0.186. The van der Waals surface area contributed by atoms with Gasteiger partial charge in [-0.25, -0.2) is 14.1 Å². The van der Waals surface area contributed by atoms with Gasteiger partial charge in [-0.1, -0.05) is 36.3 Å². The van der Waals surface area contributed by atoms with Crippen molar-refractivity contribution in [2.45, 2.75) is 44.7 Å². The van der Waals surface area contributed by atoms with Crippen LogP contribution < -0.4 is 0 Å². The fourth-order valence-electron chi connectivity index (χ4n) is 7.08. The van der Waals surface area contributed by atoms with Crippen LogP contribution in [0.1, 0.15) is 49.2 Å². The monoisotopic (exact) mass is 518 g/mol. The molecule has 1 unspecified atom stereocenters. The molecular weight excluding hydrogens is 492 g/mol. The van der Waals surface area contributed by atoms with E-state index in [0.717, 1.165) is 28.0 Å². The molecule has 0 aliphatic heterocycles. The van der Waals surface area contributed by atoms with E-state index in [1.807, 2.05) is 41.2 Å². The minimum atomic E-state index is -4.32. The van der Waals surface area contributed by atoms with E-state index in [4.69, 9.17) is 0 Å². The summed E-state index contributed by atoms with van der Waals surface area (Å²) in [7, 11) is 0. The van der Waals surface area contributed by atoms with Crippen LogP contribution in [0.5, 0.6) is 0 Å². The number of H-pyrrole nitrogens is 1. The number of hydrogen-bond donors (Lipinski definition) is 1. The summed E-state index contributed by atoms with van der Waals surface area (Å²) in [6, 6.07) is 13.6. The highest BCUT2D eigenvalue weighted by Gasteiger charge is 2.55. The highest BCUT2D eigenvalue weighted by molar-refractivity contribution is 5.75. The van der Waals surface area contributed by atoms with Gasteiger partial charge in [-0.15, -0.1) is 0 Å². The lowest BCUT2D eigenvalue weighted by Gasteiger charge is -2.50. The molecule has 2 heterocycles. The topological polar surface area (TPSA) is 46.5 Å². The lowest BCUT2D eigenvalue weighted by Crippen LogP contribution is -2.44. The minimum Gasteiger partial charge on any atom is -0.342 e. The third-order valence-corrected chi connectivity index (χ3v) is 8.88. The van der Waals surface area contributed by atoms with Crippen LogP contribution in [0.15, 0.2) is 72.0 Å². The summed E-state index contributed by atoms with van der Waals surface area (Å²) < 4.78 is 58.5. The number of halogens is 4. The van der Waals surface area contributed by atoms with Gasteiger partial charge in [-0.05, 0) is 79.6 Å². The molecule has 4 nitrogen and oxygen atoms in total. The zero-order valence-electron chi connectivity index (χ0n) is 20.8. The Balaban J connectivity index is 1.30. The van der Waals surface area contributed by atoms with Crippen molar-refractivity contribution in [3.8, 4) is 5.69 Å². The van der Waals surface area contributed by atoms with Gasteiger partial charge in [0.25, 0.3) is 0 Å². The van der Waals surface area contributed by atoms with E-state index in [2.05, 4.69) is 28.1 Å². The molecule has 2 aromatic carbocycles. The van der Waals surface area contributed by atoms with Gasteiger partial charge >= 0.3 is 6.18 Å². The van der Waals surface area contributed by atoms with Gasteiger partial charge in [0.15, 0.2) is 0 Å². The standard InChI is InChI=1S/C30H26F4N4/c1-29-15-17-16-35-38(20-9-7-19(31)8-10-20)26(17)14-18(29)6-11-21-22(29)12-13-23(30(32,33)34)27(21)28-36-24-4-2-3-5-25(24)37-28/h2-5,7-10,12,14,16,21,23,27H,6,11,13,15H2,1H3,(H,36,37)/t21-,23?,27+,29-/m0/s1. The number of nitrogens with zero attached hydrogens (tertiary/aromatic N) is 3. The Labute approximate surface area is 217 Å². The molecule has 0 amide bonds. The highest BCUT2D eigenvalue weighted by Crippen LogP contribution is 2.60. The summed E-state index contributed by atoms with van der Waals surface area (Å²) in [5, 5.41) is 4.59. The number of alkyl halides is 3. The number of hydrogen-bond acceptors (Lipinski definition) is 2. The predicted molar refractivity (Wildman–Crippen MR) is 137 cm³/mol. The van der Waals surface area contributed by atoms with E-state index >= 15 is 0 Å². The van der Waals surface area contributed by atoms with Gasteiger partial charge in [0, 0.05) is 11.3 Å². The molecular formula is C30H26F4N4. The Morgan fingerprint density at radius 3 is 2.63 bits per heavy atom. The first kappa shape index (κ1) is 23.4. The molecule has 1 N–H and O–H groups in total. The molecule has 7 rings (SSSR count). The van der Waals surface area contributed by atoms with Crippen molar-refractivity contribution in [3.05, 3.63) is 94.8 Å². The Bertz CT molecular complexity index is 1570. The molecule has 38 heavy (non-hydrogen) atoms. The quantitative estimate of drug-likeness (QED) is 0.220. The smallest absolute Gasteiger partial charge is 0.342 e. The van der Waals surface area contributed by atoms with Gasteiger partial charge in [0.2, 0.25) is 0 Å². The first-order chi connectivity index (χ1) is 18.2. The van der Waals surface area contributed by atoms with E-state index in [1.54, 1.807) is 12.1 Å². The molecule has 194 valence electrons. The van der Waals surface area contributed by atoms with E-state index in [1.165, 1.54) is 17.7 Å². The van der Waals surface area contributed by atoms with Crippen LogP contribution in [0, 0.1) is 23.1 Å². The third-order valence-electron chi connectivity index (χ3n) is 8.88.